The lowest BCUT2D eigenvalue weighted by atomic mass is 9.96. The smallest absolute Gasteiger partial charge is 0.408 e. The molecule has 5 amide bonds. The van der Waals surface area contributed by atoms with Crippen LogP contribution in [0.25, 0.3) is 10.8 Å². The molecule has 6 N–H and O–H groups in total. The summed E-state index contributed by atoms with van der Waals surface area (Å²) in [7, 11) is 0. The monoisotopic (exact) mass is 847 g/mol. The molecule has 0 aliphatic carbocycles. The first-order chi connectivity index (χ1) is 29.4. The Hall–Kier alpha value is -6.38. The van der Waals surface area contributed by atoms with Crippen molar-refractivity contribution in [2.24, 2.45) is 5.92 Å². The van der Waals surface area contributed by atoms with Crippen molar-refractivity contribution in [2.45, 2.75) is 89.6 Å². The number of fused-ring (bicyclic) bond motifs is 1. The van der Waals surface area contributed by atoms with Crippen LogP contribution >= 0.6 is 11.3 Å². The molecule has 1 unspecified atom stereocenters. The van der Waals surface area contributed by atoms with Crippen LogP contribution in [0.4, 0.5) is 4.79 Å². The van der Waals surface area contributed by atoms with E-state index in [0.29, 0.717) is 12.0 Å². The summed E-state index contributed by atoms with van der Waals surface area (Å²) in [6, 6.07) is 31.8. The molecule has 0 aliphatic rings. The third-order valence-electron chi connectivity index (χ3n) is 9.90. The summed E-state index contributed by atoms with van der Waals surface area (Å²) in [5, 5.41) is 23.4. The first-order valence-corrected chi connectivity index (χ1v) is 21.2. The molecule has 0 fully saturated rings. The van der Waals surface area contributed by atoms with Crippen LogP contribution in [0.15, 0.2) is 121 Å². The van der Waals surface area contributed by atoms with Gasteiger partial charge in [-0.2, -0.15) is 0 Å². The topological polar surface area (TPSA) is 192 Å². The van der Waals surface area contributed by atoms with Crippen LogP contribution in [0.5, 0.6) is 0 Å². The first-order valence-electron chi connectivity index (χ1n) is 20.4. The normalized spacial score (nSPS) is 13.0. The van der Waals surface area contributed by atoms with E-state index in [0.717, 1.165) is 26.8 Å². The van der Waals surface area contributed by atoms with Crippen LogP contribution in [0.2, 0.25) is 0 Å². The number of amides is 5. The van der Waals surface area contributed by atoms with Gasteiger partial charge in [0.2, 0.25) is 23.6 Å². The van der Waals surface area contributed by atoms with E-state index in [1.165, 1.54) is 11.3 Å². The minimum absolute atomic E-state index is 0.00201. The Bertz CT molecular complexity index is 2210. The van der Waals surface area contributed by atoms with E-state index in [1.54, 1.807) is 24.3 Å². The minimum atomic E-state index is -1.36. The van der Waals surface area contributed by atoms with Crippen LogP contribution in [-0.4, -0.2) is 64.8 Å². The number of nitrogens with one attached hydrogen (secondary N) is 5. The van der Waals surface area contributed by atoms with Gasteiger partial charge in [0.25, 0.3) is 0 Å². The van der Waals surface area contributed by atoms with Gasteiger partial charge >= 0.3 is 6.09 Å². The molecule has 320 valence electrons. The molecule has 0 spiro atoms. The SMILES string of the molecule is CC(C)C[C@H](NC(=O)C(Cc1cccs1)NC(=O)[C@H](Cc1cccc2ccccc12)NC(=O)OCc1ccccc1)[C@@H](O)CC(=O)NNC(=O)CCCC(=O)c1ccccc1. The fourth-order valence-electron chi connectivity index (χ4n) is 6.78. The van der Waals surface area contributed by atoms with Crippen LogP contribution in [0.3, 0.4) is 0 Å². The second-order valence-corrected chi connectivity index (χ2v) is 16.2. The zero-order valence-electron chi connectivity index (χ0n) is 34.3. The molecule has 1 aromatic heterocycles. The minimum Gasteiger partial charge on any atom is -0.445 e. The summed E-state index contributed by atoms with van der Waals surface area (Å²) in [6.07, 6.45) is -1.68. The Labute approximate surface area is 359 Å². The summed E-state index contributed by atoms with van der Waals surface area (Å²) in [4.78, 5) is 80.0. The highest BCUT2D eigenvalue weighted by molar-refractivity contribution is 7.09. The van der Waals surface area contributed by atoms with Gasteiger partial charge < -0.3 is 25.8 Å². The molecule has 0 aliphatic heterocycles. The third-order valence-corrected chi connectivity index (χ3v) is 10.8. The summed E-state index contributed by atoms with van der Waals surface area (Å²) >= 11 is 1.41. The number of aliphatic hydroxyl groups is 1. The lowest BCUT2D eigenvalue weighted by Gasteiger charge is -2.29. The summed E-state index contributed by atoms with van der Waals surface area (Å²) < 4.78 is 5.49. The van der Waals surface area contributed by atoms with Gasteiger partial charge in [0.1, 0.15) is 18.7 Å². The molecule has 14 heteroatoms. The lowest BCUT2D eigenvalue weighted by Crippen LogP contribution is -2.57. The Morgan fingerprint density at radius 2 is 1.33 bits per heavy atom. The number of ketones is 1. The highest BCUT2D eigenvalue weighted by Crippen LogP contribution is 2.21. The van der Waals surface area contributed by atoms with E-state index in [1.807, 2.05) is 110 Å². The lowest BCUT2D eigenvalue weighted by molar-refractivity contribution is -0.132. The van der Waals surface area contributed by atoms with E-state index in [4.69, 9.17) is 4.74 Å². The van der Waals surface area contributed by atoms with Crippen molar-refractivity contribution in [1.82, 2.24) is 26.8 Å². The molecular weight excluding hydrogens is 795 g/mol. The van der Waals surface area contributed by atoms with Crippen molar-refractivity contribution in [3.8, 4) is 0 Å². The Morgan fingerprint density at radius 3 is 2.05 bits per heavy atom. The van der Waals surface area contributed by atoms with Gasteiger partial charge in [-0.25, -0.2) is 4.79 Å². The summed E-state index contributed by atoms with van der Waals surface area (Å²) in [5.74, 6) is -2.51. The van der Waals surface area contributed by atoms with Gasteiger partial charge in [-0.3, -0.25) is 34.8 Å². The van der Waals surface area contributed by atoms with Crippen molar-refractivity contribution in [1.29, 1.82) is 0 Å². The van der Waals surface area contributed by atoms with Crippen molar-refractivity contribution < 1.29 is 38.6 Å². The van der Waals surface area contributed by atoms with E-state index < -0.39 is 60.4 Å². The highest BCUT2D eigenvalue weighted by Gasteiger charge is 2.32. The number of alkyl carbamates (subject to hydrolysis) is 1. The maximum Gasteiger partial charge on any atom is 0.408 e. The number of carbonyl (C=O) groups is 6. The molecule has 5 rings (SSSR count). The largest absolute Gasteiger partial charge is 0.445 e. The maximum atomic E-state index is 14.3. The zero-order chi connectivity index (χ0) is 43.6. The molecule has 4 atom stereocenters. The van der Waals surface area contributed by atoms with Gasteiger partial charge in [0, 0.05) is 36.1 Å². The van der Waals surface area contributed by atoms with Gasteiger partial charge in [-0.1, -0.05) is 123 Å². The quantitative estimate of drug-likeness (QED) is 0.0386. The number of hydrogen-bond acceptors (Lipinski definition) is 9. The second kappa shape index (κ2) is 23.4. The molecular formula is C47H53N5O8S. The number of Topliss-reactive ketones (excluding diaryl/α,β-unsaturated/α-hetero) is 1. The van der Waals surface area contributed by atoms with Gasteiger partial charge in [0.05, 0.1) is 18.6 Å². The average molecular weight is 848 g/mol. The maximum absolute atomic E-state index is 14.3. The number of rotatable bonds is 21. The molecule has 61 heavy (non-hydrogen) atoms. The van der Waals surface area contributed by atoms with Crippen LogP contribution in [-0.2, 0) is 43.4 Å². The highest BCUT2D eigenvalue weighted by atomic mass is 32.1. The molecule has 0 bridgehead atoms. The standard InChI is InChI=1S/C47H53N5O8S/c1-31(2)26-38(42(54)29-44(56)52-51-43(55)24-12-23-41(53)34-17-7-4-8-18-34)48-46(58)40(28-36-21-13-25-61-36)49-45(57)39(50-47(59)60-30-32-14-5-3-6-15-32)27-35-20-11-19-33-16-9-10-22-37(33)35/h3-11,13-22,25,31,38-40,42,54H,12,23-24,26-30H2,1-2H3,(H,48,58)(H,49,57)(H,50,59)(H,51,55)(H,52,56)/t38-,39-,40?,42-/m0/s1. The van der Waals surface area contributed by atoms with Crippen molar-refractivity contribution in [2.75, 3.05) is 0 Å². The van der Waals surface area contributed by atoms with Crippen LogP contribution < -0.4 is 26.8 Å². The molecule has 0 saturated heterocycles. The molecule has 0 saturated carbocycles. The Balaban J connectivity index is 1.24. The summed E-state index contributed by atoms with van der Waals surface area (Å²) in [5.41, 5.74) is 6.75. The number of thiophene rings is 1. The summed E-state index contributed by atoms with van der Waals surface area (Å²) in [6.45, 7) is 3.79. The first kappa shape index (κ1) is 45.7. The number of hydrazine groups is 1. The number of ether oxygens (including phenoxy) is 1. The fourth-order valence-corrected chi connectivity index (χ4v) is 7.54. The van der Waals surface area contributed by atoms with E-state index in [2.05, 4.69) is 26.8 Å². The van der Waals surface area contributed by atoms with Crippen molar-refractivity contribution >= 4 is 57.6 Å². The van der Waals surface area contributed by atoms with Gasteiger partial charge in [0.15, 0.2) is 5.78 Å². The Kier molecular flexibility index (Phi) is 17.5. The van der Waals surface area contributed by atoms with Crippen LogP contribution in [0.1, 0.15) is 72.3 Å². The number of hydrogen-bond donors (Lipinski definition) is 6. The average Bonchev–Trinajstić information content (AvgIpc) is 3.78. The molecule has 13 nitrogen and oxygen atoms in total. The van der Waals surface area contributed by atoms with Crippen molar-refractivity contribution in [3.05, 3.63) is 142 Å². The molecule has 1 heterocycles. The van der Waals surface area contributed by atoms with Crippen LogP contribution in [0, 0.1) is 5.92 Å². The second-order valence-electron chi connectivity index (χ2n) is 15.2. The molecule has 5 aromatic rings. The molecule has 0 radical (unpaired) electrons. The predicted octanol–water partition coefficient (Wildman–Crippen LogP) is 5.95. The van der Waals surface area contributed by atoms with Gasteiger partial charge in [-0.05, 0) is 52.1 Å². The number of benzene rings is 4. The predicted molar refractivity (Wildman–Crippen MR) is 234 cm³/mol. The van der Waals surface area contributed by atoms with E-state index in [-0.39, 0.29) is 50.4 Å². The van der Waals surface area contributed by atoms with Crippen molar-refractivity contribution in [3.63, 3.8) is 0 Å². The fraction of sp³-hybridized carbons (Fsp3) is 0.319. The number of carbonyl (C=O) groups excluding carboxylic acids is 6. The molecule has 4 aromatic carbocycles. The van der Waals surface area contributed by atoms with Gasteiger partial charge in [-0.15, -0.1) is 11.3 Å². The van der Waals surface area contributed by atoms with E-state index in [9.17, 15) is 33.9 Å². The third kappa shape index (κ3) is 15.0. The van der Waals surface area contributed by atoms with E-state index >= 15 is 0 Å². The zero-order valence-corrected chi connectivity index (χ0v) is 35.1. The number of aliphatic hydroxyl groups excluding tert-OH is 1. The Morgan fingerprint density at radius 1 is 0.672 bits per heavy atom.